The molecule has 1 heterocycles. The van der Waals surface area contributed by atoms with Crippen molar-refractivity contribution in [2.24, 2.45) is 0 Å². The minimum absolute atomic E-state index is 0.169. The molecule has 0 spiro atoms. The molecule has 0 aliphatic carbocycles. The highest BCUT2D eigenvalue weighted by Crippen LogP contribution is 2.34. The lowest BCUT2D eigenvalue weighted by molar-refractivity contribution is -0.131. The lowest BCUT2D eigenvalue weighted by Gasteiger charge is -2.10. The van der Waals surface area contributed by atoms with Gasteiger partial charge in [0.05, 0.1) is 5.56 Å². The first kappa shape index (κ1) is 13.9. The van der Waals surface area contributed by atoms with Crippen molar-refractivity contribution in [2.45, 2.75) is 6.92 Å². The smallest absolute Gasteiger partial charge is 0.308 e. The molecular weight excluding hydrogens is 286 g/mol. The zero-order chi connectivity index (χ0) is 15.5. The number of hydrogen-bond acceptors (Lipinski definition) is 5. The molecule has 2 aromatic rings. The zero-order valence-corrected chi connectivity index (χ0v) is 11.8. The second kappa shape index (κ2) is 5.77. The number of ether oxygens (including phenoxy) is 3. The number of fused-ring (bicyclic) bond motifs is 1. The monoisotopic (exact) mass is 299 g/mol. The zero-order valence-electron chi connectivity index (χ0n) is 11.8. The molecule has 1 aliphatic rings. The predicted octanol–water partition coefficient (Wildman–Crippen LogP) is 2.59. The van der Waals surface area contributed by atoms with Crippen molar-refractivity contribution < 1.29 is 23.8 Å². The number of rotatable bonds is 3. The molecule has 0 atom stereocenters. The van der Waals surface area contributed by atoms with Gasteiger partial charge in [-0.2, -0.15) is 0 Å². The Kier molecular flexibility index (Phi) is 3.65. The van der Waals surface area contributed by atoms with E-state index in [-0.39, 0.29) is 24.0 Å². The van der Waals surface area contributed by atoms with Crippen LogP contribution in [0.15, 0.2) is 42.5 Å². The third kappa shape index (κ3) is 2.85. The fourth-order valence-electron chi connectivity index (χ4n) is 2.07. The third-order valence-corrected chi connectivity index (χ3v) is 3.02. The van der Waals surface area contributed by atoms with Crippen LogP contribution in [0.25, 0.3) is 0 Å². The highest BCUT2D eigenvalue weighted by Gasteiger charge is 2.17. The number of para-hydroxylation sites is 1. The Morgan fingerprint density at radius 1 is 1.09 bits per heavy atom. The molecule has 0 saturated heterocycles. The lowest BCUT2D eigenvalue weighted by Crippen LogP contribution is -2.14. The summed E-state index contributed by atoms with van der Waals surface area (Å²) in [6.45, 7) is 1.45. The molecule has 1 amide bonds. The van der Waals surface area contributed by atoms with Crippen molar-refractivity contribution in [3.05, 3.63) is 48.0 Å². The van der Waals surface area contributed by atoms with Crippen molar-refractivity contribution >= 4 is 17.6 Å². The number of benzene rings is 2. The van der Waals surface area contributed by atoms with Crippen LogP contribution in [0.1, 0.15) is 17.3 Å². The van der Waals surface area contributed by atoms with E-state index in [0.29, 0.717) is 17.2 Å². The Morgan fingerprint density at radius 2 is 1.86 bits per heavy atom. The van der Waals surface area contributed by atoms with Crippen LogP contribution >= 0.6 is 0 Å². The quantitative estimate of drug-likeness (QED) is 0.696. The third-order valence-electron chi connectivity index (χ3n) is 3.02. The molecule has 6 heteroatoms. The standard InChI is InChI=1S/C16H13NO5/c1-10(18)22-13-5-3-2-4-12(13)16(19)17-11-6-7-14-15(8-11)21-9-20-14/h2-8H,9H2,1H3,(H,17,19). The average molecular weight is 299 g/mol. The topological polar surface area (TPSA) is 73.9 Å². The summed E-state index contributed by atoms with van der Waals surface area (Å²) < 4.78 is 15.5. The van der Waals surface area contributed by atoms with Crippen LogP contribution in [0.2, 0.25) is 0 Å². The van der Waals surface area contributed by atoms with Gasteiger partial charge < -0.3 is 19.5 Å². The van der Waals surface area contributed by atoms with Crippen LogP contribution in [0.5, 0.6) is 17.2 Å². The highest BCUT2D eigenvalue weighted by molar-refractivity contribution is 6.06. The number of nitrogens with one attached hydrogen (secondary N) is 1. The van der Waals surface area contributed by atoms with Gasteiger partial charge >= 0.3 is 5.97 Å². The highest BCUT2D eigenvalue weighted by atomic mass is 16.7. The molecule has 1 N–H and O–H groups in total. The molecule has 22 heavy (non-hydrogen) atoms. The van der Waals surface area contributed by atoms with Gasteiger partial charge in [0.2, 0.25) is 6.79 Å². The first-order chi connectivity index (χ1) is 10.6. The van der Waals surface area contributed by atoms with Crippen LogP contribution in [-0.2, 0) is 4.79 Å². The SMILES string of the molecule is CC(=O)Oc1ccccc1C(=O)Nc1ccc2c(c1)OCO2. The van der Waals surface area contributed by atoms with Crippen molar-refractivity contribution in [1.82, 2.24) is 0 Å². The average Bonchev–Trinajstić information content (AvgIpc) is 2.94. The van der Waals surface area contributed by atoms with Gasteiger partial charge in [0, 0.05) is 18.7 Å². The molecule has 0 bridgehead atoms. The molecule has 0 unspecified atom stereocenters. The van der Waals surface area contributed by atoms with E-state index in [1.807, 2.05) is 0 Å². The Balaban J connectivity index is 1.81. The summed E-state index contributed by atoms with van der Waals surface area (Å²) in [6.07, 6.45) is 0. The molecule has 0 saturated carbocycles. The van der Waals surface area contributed by atoms with E-state index in [2.05, 4.69) is 5.32 Å². The summed E-state index contributed by atoms with van der Waals surface area (Å²) in [4.78, 5) is 23.4. The fourth-order valence-corrected chi connectivity index (χ4v) is 2.07. The summed E-state index contributed by atoms with van der Waals surface area (Å²) in [6, 6.07) is 11.6. The number of amides is 1. The number of carbonyl (C=O) groups excluding carboxylic acids is 2. The van der Waals surface area contributed by atoms with E-state index in [4.69, 9.17) is 14.2 Å². The van der Waals surface area contributed by atoms with Crippen LogP contribution in [0.4, 0.5) is 5.69 Å². The van der Waals surface area contributed by atoms with E-state index in [1.165, 1.54) is 6.92 Å². The summed E-state index contributed by atoms with van der Waals surface area (Å²) in [5.41, 5.74) is 0.835. The summed E-state index contributed by atoms with van der Waals surface area (Å²) in [5.74, 6) is 0.566. The molecule has 3 rings (SSSR count). The number of esters is 1. The van der Waals surface area contributed by atoms with E-state index >= 15 is 0 Å². The first-order valence-corrected chi connectivity index (χ1v) is 6.62. The maximum atomic E-state index is 12.3. The van der Waals surface area contributed by atoms with E-state index in [9.17, 15) is 9.59 Å². The molecule has 0 fully saturated rings. The second-order valence-corrected chi connectivity index (χ2v) is 4.61. The van der Waals surface area contributed by atoms with E-state index in [1.54, 1.807) is 42.5 Å². The molecule has 6 nitrogen and oxygen atoms in total. The Bertz CT molecular complexity index is 741. The molecule has 0 aromatic heterocycles. The van der Waals surface area contributed by atoms with Crippen molar-refractivity contribution in [3.8, 4) is 17.2 Å². The summed E-state index contributed by atoms with van der Waals surface area (Å²) in [5, 5.41) is 2.74. The molecule has 1 aliphatic heterocycles. The van der Waals surface area contributed by atoms with Gasteiger partial charge in [-0.05, 0) is 24.3 Å². The molecule has 0 radical (unpaired) electrons. The predicted molar refractivity (Wildman–Crippen MR) is 78.3 cm³/mol. The first-order valence-electron chi connectivity index (χ1n) is 6.62. The van der Waals surface area contributed by atoms with Gasteiger partial charge in [-0.25, -0.2) is 0 Å². The Morgan fingerprint density at radius 3 is 2.68 bits per heavy atom. The largest absolute Gasteiger partial charge is 0.454 e. The van der Waals surface area contributed by atoms with Crippen molar-refractivity contribution in [1.29, 1.82) is 0 Å². The van der Waals surface area contributed by atoms with E-state index < -0.39 is 5.97 Å². The van der Waals surface area contributed by atoms with Crippen molar-refractivity contribution in [2.75, 3.05) is 12.1 Å². The summed E-state index contributed by atoms with van der Waals surface area (Å²) in [7, 11) is 0. The van der Waals surface area contributed by atoms with Gasteiger partial charge in [0.15, 0.2) is 11.5 Å². The Hall–Kier alpha value is -3.02. The lowest BCUT2D eigenvalue weighted by atomic mass is 10.2. The fraction of sp³-hybridized carbons (Fsp3) is 0.125. The minimum Gasteiger partial charge on any atom is -0.454 e. The van der Waals surface area contributed by atoms with Gasteiger partial charge in [-0.3, -0.25) is 9.59 Å². The van der Waals surface area contributed by atoms with Crippen LogP contribution < -0.4 is 19.5 Å². The Labute approximate surface area is 126 Å². The molecule has 112 valence electrons. The number of anilines is 1. The molecule has 2 aromatic carbocycles. The van der Waals surface area contributed by atoms with Crippen molar-refractivity contribution in [3.63, 3.8) is 0 Å². The van der Waals surface area contributed by atoms with Gasteiger partial charge in [-0.1, -0.05) is 12.1 Å². The van der Waals surface area contributed by atoms with Gasteiger partial charge in [-0.15, -0.1) is 0 Å². The maximum Gasteiger partial charge on any atom is 0.308 e. The molecular formula is C16H13NO5. The minimum atomic E-state index is -0.483. The maximum absolute atomic E-state index is 12.3. The number of carbonyl (C=O) groups is 2. The normalized spacial score (nSPS) is 11.9. The van der Waals surface area contributed by atoms with Crippen LogP contribution in [-0.4, -0.2) is 18.7 Å². The van der Waals surface area contributed by atoms with E-state index in [0.717, 1.165) is 0 Å². The number of hydrogen-bond donors (Lipinski definition) is 1. The van der Waals surface area contributed by atoms with Gasteiger partial charge in [0.1, 0.15) is 5.75 Å². The van der Waals surface area contributed by atoms with Crippen LogP contribution in [0, 0.1) is 0 Å². The summed E-state index contributed by atoms with van der Waals surface area (Å²) >= 11 is 0. The van der Waals surface area contributed by atoms with Gasteiger partial charge in [0.25, 0.3) is 5.91 Å². The van der Waals surface area contributed by atoms with Crippen LogP contribution in [0.3, 0.4) is 0 Å². The second-order valence-electron chi connectivity index (χ2n) is 4.61.